The lowest BCUT2D eigenvalue weighted by atomic mass is 10.1. The smallest absolute Gasteiger partial charge is 0.325 e. The normalized spacial score (nSPS) is 27.9. The van der Waals surface area contributed by atoms with Crippen LogP contribution >= 0.6 is 0 Å². The number of nitrogens with zero attached hydrogens (tertiary/aromatic N) is 4. The first-order valence-corrected chi connectivity index (χ1v) is 8.38. The minimum absolute atomic E-state index is 0.273. The lowest BCUT2D eigenvalue weighted by molar-refractivity contribution is -0.127. The zero-order chi connectivity index (χ0) is 16.4. The molecule has 0 spiro atoms. The Morgan fingerprint density at radius 1 is 1.26 bits per heavy atom. The highest BCUT2D eigenvalue weighted by atomic mass is 16.5. The number of hydrogen-bond donors (Lipinski definition) is 1. The van der Waals surface area contributed by atoms with Crippen LogP contribution in [0.3, 0.4) is 0 Å². The van der Waals surface area contributed by atoms with Gasteiger partial charge in [0.15, 0.2) is 18.2 Å². The van der Waals surface area contributed by atoms with Crippen molar-refractivity contribution in [1.29, 1.82) is 0 Å². The van der Waals surface area contributed by atoms with Gasteiger partial charge in [-0.3, -0.25) is 10.1 Å². The van der Waals surface area contributed by atoms with Gasteiger partial charge in [-0.1, -0.05) is 0 Å². The van der Waals surface area contributed by atoms with Crippen LogP contribution in [0.25, 0.3) is 0 Å². The molecule has 8 nitrogen and oxygen atoms in total. The van der Waals surface area contributed by atoms with Gasteiger partial charge in [-0.05, 0) is 26.2 Å². The maximum atomic E-state index is 12.4. The Hall–Kier alpha value is -1.83. The fourth-order valence-corrected chi connectivity index (χ4v) is 3.41. The van der Waals surface area contributed by atoms with Crippen molar-refractivity contribution in [2.24, 2.45) is 4.99 Å². The summed E-state index contributed by atoms with van der Waals surface area (Å²) in [7, 11) is 1.68. The van der Waals surface area contributed by atoms with Crippen molar-refractivity contribution in [3.63, 3.8) is 0 Å². The number of nitrogens with one attached hydrogen (secondary N) is 1. The van der Waals surface area contributed by atoms with Gasteiger partial charge in [0.25, 0.3) is 5.91 Å². The molecule has 8 heteroatoms. The lowest BCUT2D eigenvalue weighted by Gasteiger charge is -2.38. The van der Waals surface area contributed by atoms with E-state index in [9.17, 15) is 9.59 Å². The second-order valence-corrected chi connectivity index (χ2v) is 6.13. The number of hydrogen-bond acceptors (Lipinski definition) is 6. The summed E-state index contributed by atoms with van der Waals surface area (Å²) in [5.74, 6) is 0.557. The van der Waals surface area contributed by atoms with Crippen molar-refractivity contribution in [3.05, 3.63) is 0 Å². The molecule has 2 fully saturated rings. The third-order valence-electron chi connectivity index (χ3n) is 4.66. The van der Waals surface area contributed by atoms with Gasteiger partial charge in [0.2, 0.25) is 0 Å². The molecule has 3 rings (SSSR count). The van der Waals surface area contributed by atoms with E-state index in [0.717, 1.165) is 31.9 Å². The molecule has 1 N–H and O–H groups in total. The predicted octanol–water partition coefficient (Wildman–Crippen LogP) is 0.0567. The Morgan fingerprint density at radius 2 is 2.00 bits per heavy atom. The van der Waals surface area contributed by atoms with Crippen molar-refractivity contribution in [1.82, 2.24) is 20.0 Å². The number of imide groups is 1. The van der Waals surface area contributed by atoms with Crippen LogP contribution in [0.5, 0.6) is 0 Å². The van der Waals surface area contributed by atoms with E-state index >= 15 is 0 Å². The molecule has 0 aliphatic carbocycles. The number of likely N-dealkylation sites (tertiary alicyclic amines) is 1. The van der Waals surface area contributed by atoms with Crippen LogP contribution in [-0.2, 0) is 9.53 Å². The van der Waals surface area contributed by atoms with Gasteiger partial charge in [0.05, 0.1) is 6.61 Å². The summed E-state index contributed by atoms with van der Waals surface area (Å²) >= 11 is 0. The van der Waals surface area contributed by atoms with E-state index in [1.807, 2.05) is 11.8 Å². The molecule has 0 bridgehead atoms. The number of piperidine rings is 1. The Labute approximate surface area is 136 Å². The molecule has 0 radical (unpaired) electrons. The molecule has 3 aliphatic rings. The van der Waals surface area contributed by atoms with Gasteiger partial charge in [0, 0.05) is 33.3 Å². The molecule has 3 aliphatic heterocycles. The van der Waals surface area contributed by atoms with Crippen LogP contribution in [0, 0.1) is 0 Å². The first-order chi connectivity index (χ1) is 11.1. The van der Waals surface area contributed by atoms with E-state index in [-0.39, 0.29) is 11.9 Å². The van der Waals surface area contributed by atoms with E-state index in [1.54, 1.807) is 7.05 Å². The zero-order valence-corrected chi connectivity index (χ0v) is 13.8. The van der Waals surface area contributed by atoms with Gasteiger partial charge in [-0.25, -0.2) is 9.79 Å². The highest BCUT2D eigenvalue weighted by Gasteiger charge is 2.49. The van der Waals surface area contributed by atoms with Gasteiger partial charge >= 0.3 is 6.03 Å². The van der Waals surface area contributed by atoms with Gasteiger partial charge < -0.3 is 19.4 Å². The van der Waals surface area contributed by atoms with Gasteiger partial charge in [-0.15, -0.1) is 0 Å². The van der Waals surface area contributed by atoms with E-state index < -0.39 is 12.2 Å². The van der Waals surface area contributed by atoms with Crippen LogP contribution in [-0.4, -0.2) is 84.7 Å². The van der Waals surface area contributed by atoms with Gasteiger partial charge in [0.1, 0.15) is 0 Å². The fourth-order valence-electron chi connectivity index (χ4n) is 3.41. The van der Waals surface area contributed by atoms with Crippen LogP contribution < -0.4 is 5.32 Å². The number of guanidine groups is 1. The number of urea groups is 1. The monoisotopic (exact) mass is 323 g/mol. The quantitative estimate of drug-likeness (QED) is 0.740. The largest absolute Gasteiger partial charge is 0.380 e. The molecule has 0 aromatic carbocycles. The van der Waals surface area contributed by atoms with Crippen molar-refractivity contribution >= 4 is 17.9 Å². The number of carbonyl (C=O) groups excluding carboxylic acids is 2. The van der Waals surface area contributed by atoms with E-state index in [0.29, 0.717) is 19.8 Å². The molecule has 3 amide bonds. The molecular formula is C15H25N5O3. The summed E-state index contributed by atoms with van der Waals surface area (Å²) in [5.41, 5.74) is 0. The molecule has 128 valence electrons. The van der Waals surface area contributed by atoms with Crippen LogP contribution in [0.4, 0.5) is 4.79 Å². The first-order valence-electron chi connectivity index (χ1n) is 8.38. The number of ether oxygens (including phenoxy) is 1. The zero-order valence-electron chi connectivity index (χ0n) is 13.8. The average Bonchev–Trinajstić information content (AvgIpc) is 2.94. The minimum Gasteiger partial charge on any atom is -0.380 e. The number of likely N-dealkylation sites (N-methyl/N-ethyl adjacent to an activating group) is 1. The van der Waals surface area contributed by atoms with E-state index in [1.165, 1.54) is 11.3 Å². The second kappa shape index (κ2) is 6.74. The van der Waals surface area contributed by atoms with Crippen LogP contribution in [0.2, 0.25) is 0 Å². The third-order valence-corrected chi connectivity index (χ3v) is 4.66. The fraction of sp³-hybridized carbons (Fsp3) is 0.800. The Kier molecular flexibility index (Phi) is 4.70. The molecule has 2 saturated heterocycles. The number of aliphatic imine (C=N–C) groups is 1. The Bertz CT molecular complexity index is 503. The number of amides is 3. The Balaban J connectivity index is 1.84. The summed E-state index contributed by atoms with van der Waals surface area (Å²) in [6, 6.07) is -0.847. The van der Waals surface area contributed by atoms with Crippen molar-refractivity contribution in [2.45, 2.75) is 38.4 Å². The van der Waals surface area contributed by atoms with Gasteiger partial charge in [-0.2, -0.15) is 0 Å². The number of fused-ring (bicyclic) bond motifs is 1. The predicted molar refractivity (Wildman–Crippen MR) is 84.9 cm³/mol. The van der Waals surface area contributed by atoms with Crippen LogP contribution in [0.15, 0.2) is 4.99 Å². The highest BCUT2D eigenvalue weighted by Crippen LogP contribution is 2.26. The van der Waals surface area contributed by atoms with E-state index in [2.05, 4.69) is 10.2 Å². The summed E-state index contributed by atoms with van der Waals surface area (Å²) < 4.78 is 5.47. The molecule has 0 aromatic heterocycles. The molecule has 2 atom stereocenters. The molecule has 0 aromatic rings. The Morgan fingerprint density at radius 3 is 2.70 bits per heavy atom. The summed E-state index contributed by atoms with van der Waals surface area (Å²) in [4.78, 5) is 34.7. The van der Waals surface area contributed by atoms with Crippen molar-refractivity contribution in [3.8, 4) is 0 Å². The minimum atomic E-state index is -0.463. The molecular weight excluding hydrogens is 298 g/mol. The van der Waals surface area contributed by atoms with Crippen LogP contribution in [0.1, 0.15) is 26.2 Å². The maximum absolute atomic E-state index is 12.4. The first kappa shape index (κ1) is 16.0. The number of carbonyl (C=O) groups is 2. The molecule has 2 unspecified atom stereocenters. The topological polar surface area (TPSA) is 77.5 Å². The molecule has 0 saturated carbocycles. The van der Waals surface area contributed by atoms with E-state index in [4.69, 9.17) is 9.73 Å². The summed E-state index contributed by atoms with van der Waals surface area (Å²) in [6.07, 6.45) is 3.05. The average molecular weight is 323 g/mol. The maximum Gasteiger partial charge on any atom is 0.325 e. The SMILES string of the molecule is CCOCCN1C(N2CCCCC2)=NC2C1C(=O)NC(=O)N2C. The second-order valence-electron chi connectivity index (χ2n) is 6.13. The third kappa shape index (κ3) is 2.99. The highest BCUT2D eigenvalue weighted by molar-refractivity contribution is 6.03. The van der Waals surface area contributed by atoms with Crippen molar-refractivity contribution < 1.29 is 14.3 Å². The number of rotatable bonds is 4. The molecule has 23 heavy (non-hydrogen) atoms. The lowest BCUT2D eigenvalue weighted by Crippen LogP contribution is -2.64. The van der Waals surface area contributed by atoms with Crippen molar-refractivity contribution in [2.75, 3.05) is 39.9 Å². The summed E-state index contributed by atoms with van der Waals surface area (Å²) in [5, 5.41) is 2.42. The molecule has 3 heterocycles. The standard InChI is InChI=1S/C15H25N5O3/c1-3-23-10-9-20-11-12(18(2)15(22)17-13(11)21)16-14(20)19-7-5-4-6-8-19/h11-12H,3-10H2,1-2H3,(H,17,21,22). The summed E-state index contributed by atoms with van der Waals surface area (Å²) in [6.45, 7) is 5.62.